The summed E-state index contributed by atoms with van der Waals surface area (Å²) in [6.07, 6.45) is 3.04. The Balaban J connectivity index is 1.97. The molecule has 23 heavy (non-hydrogen) atoms. The van der Waals surface area contributed by atoms with E-state index in [1.54, 1.807) is 11.8 Å². The van der Waals surface area contributed by atoms with E-state index in [1.165, 1.54) is 0 Å². The summed E-state index contributed by atoms with van der Waals surface area (Å²) in [5.74, 6) is 1.60. The number of methoxy groups -OCH3 is 1. The zero-order valence-electron chi connectivity index (χ0n) is 13.3. The van der Waals surface area contributed by atoms with E-state index in [0.717, 1.165) is 6.54 Å². The lowest BCUT2D eigenvalue weighted by Crippen LogP contribution is -2.14. The zero-order chi connectivity index (χ0) is 16.4. The maximum atomic E-state index is 11.8. The monoisotopic (exact) mass is 339 g/mol. The van der Waals surface area contributed by atoms with Gasteiger partial charge in [-0.2, -0.15) is 10.2 Å². The molecule has 0 radical (unpaired) electrons. The number of aryl methyl sites for hydroxylation is 1. The van der Waals surface area contributed by atoms with Crippen LogP contribution in [0.15, 0.2) is 12.3 Å². The Morgan fingerprint density at radius 1 is 1.39 bits per heavy atom. The molecule has 0 amide bonds. The van der Waals surface area contributed by atoms with Crippen LogP contribution in [0.25, 0.3) is 11.5 Å². The minimum Gasteiger partial charge on any atom is -0.384 e. The number of hydrogen-bond acceptors (Lipinski definition) is 6. The molecule has 0 bridgehead atoms. The maximum Gasteiger partial charge on any atom is 0.179 e. The zero-order valence-corrected chi connectivity index (χ0v) is 14.2. The highest BCUT2D eigenvalue weighted by atomic mass is 32.2. The first kappa shape index (κ1) is 16.1. The van der Waals surface area contributed by atoms with E-state index in [0.29, 0.717) is 36.8 Å². The second-order valence-electron chi connectivity index (χ2n) is 5.65. The molecule has 2 aromatic rings. The van der Waals surface area contributed by atoms with E-state index in [9.17, 15) is 8.42 Å². The van der Waals surface area contributed by atoms with Crippen LogP contribution in [0.5, 0.6) is 0 Å². The van der Waals surface area contributed by atoms with Gasteiger partial charge in [-0.1, -0.05) is 0 Å². The number of rotatable bonds is 6. The summed E-state index contributed by atoms with van der Waals surface area (Å²) in [7, 11) is -1.36. The molecule has 8 nitrogen and oxygen atoms in total. The van der Waals surface area contributed by atoms with E-state index < -0.39 is 9.84 Å². The van der Waals surface area contributed by atoms with Gasteiger partial charge in [0.05, 0.1) is 24.2 Å². The van der Waals surface area contributed by atoms with Crippen LogP contribution in [0.4, 0.5) is 0 Å². The molecule has 3 rings (SSSR count). The lowest BCUT2D eigenvalue weighted by molar-refractivity contribution is 0.200. The summed E-state index contributed by atoms with van der Waals surface area (Å²) in [6.45, 7) is 3.30. The Hall–Kier alpha value is -1.74. The van der Waals surface area contributed by atoms with Crippen LogP contribution >= 0.6 is 0 Å². The van der Waals surface area contributed by atoms with E-state index in [-0.39, 0.29) is 17.5 Å². The number of aromatic nitrogens is 5. The van der Waals surface area contributed by atoms with Crippen molar-refractivity contribution in [3.8, 4) is 11.5 Å². The van der Waals surface area contributed by atoms with Gasteiger partial charge < -0.3 is 4.74 Å². The third kappa shape index (κ3) is 3.45. The highest BCUT2D eigenvalue weighted by molar-refractivity contribution is 7.91. The van der Waals surface area contributed by atoms with Crippen LogP contribution in [0.3, 0.4) is 0 Å². The molecule has 9 heteroatoms. The number of ether oxygens (including phenoxy) is 1. The summed E-state index contributed by atoms with van der Waals surface area (Å²) in [5.41, 5.74) is 0.715. The molecule has 2 aromatic heterocycles. The molecule has 0 spiro atoms. The Morgan fingerprint density at radius 3 is 2.83 bits per heavy atom. The van der Waals surface area contributed by atoms with Crippen LogP contribution in [-0.4, -0.2) is 58.2 Å². The second-order valence-corrected chi connectivity index (χ2v) is 7.88. The summed E-state index contributed by atoms with van der Waals surface area (Å²) < 4.78 is 32.2. The molecule has 1 aliphatic heterocycles. The van der Waals surface area contributed by atoms with Gasteiger partial charge in [0.1, 0.15) is 5.69 Å². The minimum absolute atomic E-state index is 0.113. The summed E-state index contributed by atoms with van der Waals surface area (Å²) >= 11 is 0. The van der Waals surface area contributed by atoms with E-state index in [4.69, 9.17) is 4.74 Å². The summed E-state index contributed by atoms with van der Waals surface area (Å²) in [4.78, 5) is 4.56. The van der Waals surface area contributed by atoms with Crippen molar-refractivity contribution in [2.75, 3.05) is 25.2 Å². The van der Waals surface area contributed by atoms with Gasteiger partial charge in [0, 0.05) is 26.3 Å². The summed E-state index contributed by atoms with van der Waals surface area (Å²) in [5, 5.41) is 8.99. The Bertz CT molecular complexity index is 780. The fraction of sp³-hybridized carbons (Fsp3) is 0.643. The fourth-order valence-electron chi connectivity index (χ4n) is 2.72. The normalized spacial score (nSPS) is 20.2. The molecule has 1 fully saturated rings. The van der Waals surface area contributed by atoms with Gasteiger partial charge in [-0.25, -0.2) is 18.1 Å². The predicted octanol–water partition coefficient (Wildman–Crippen LogP) is 0.710. The van der Waals surface area contributed by atoms with Gasteiger partial charge in [0.15, 0.2) is 21.5 Å². The van der Waals surface area contributed by atoms with E-state index in [1.807, 2.05) is 23.9 Å². The second kappa shape index (κ2) is 6.40. The molecule has 0 N–H and O–H groups in total. The Morgan fingerprint density at radius 2 is 2.22 bits per heavy atom. The van der Waals surface area contributed by atoms with E-state index >= 15 is 0 Å². The third-order valence-electron chi connectivity index (χ3n) is 3.95. The molecule has 126 valence electrons. The highest BCUT2D eigenvalue weighted by Crippen LogP contribution is 2.27. The third-order valence-corrected chi connectivity index (χ3v) is 5.70. The van der Waals surface area contributed by atoms with Crippen LogP contribution in [0.1, 0.15) is 25.2 Å². The smallest absolute Gasteiger partial charge is 0.179 e. The minimum atomic E-state index is -2.99. The van der Waals surface area contributed by atoms with Gasteiger partial charge in [-0.3, -0.25) is 4.68 Å². The fourth-order valence-corrected chi connectivity index (χ4v) is 4.41. The molecular formula is C14H21N5O3S. The topological polar surface area (TPSA) is 91.9 Å². The number of nitrogens with zero attached hydrogens (tertiary/aromatic N) is 5. The summed E-state index contributed by atoms with van der Waals surface area (Å²) in [6, 6.07) is 1.71. The first-order chi connectivity index (χ1) is 11.0. The van der Waals surface area contributed by atoms with Crippen molar-refractivity contribution < 1.29 is 13.2 Å². The lowest BCUT2D eigenvalue weighted by atomic mass is 10.2. The highest BCUT2D eigenvalue weighted by Gasteiger charge is 2.32. The largest absolute Gasteiger partial charge is 0.384 e. The Kier molecular flexibility index (Phi) is 4.49. The number of hydrogen-bond donors (Lipinski definition) is 0. The van der Waals surface area contributed by atoms with Crippen LogP contribution in [0.2, 0.25) is 0 Å². The maximum absolute atomic E-state index is 11.8. The van der Waals surface area contributed by atoms with Crippen molar-refractivity contribution in [2.45, 2.75) is 32.4 Å². The van der Waals surface area contributed by atoms with Crippen molar-refractivity contribution in [3.63, 3.8) is 0 Å². The van der Waals surface area contributed by atoms with Crippen molar-refractivity contribution in [3.05, 3.63) is 18.1 Å². The van der Waals surface area contributed by atoms with E-state index in [2.05, 4.69) is 15.2 Å². The van der Waals surface area contributed by atoms with Crippen LogP contribution < -0.4 is 0 Å². The SMILES string of the molecule is CCn1ccc(-c2nc(CCOC)nn2C2CCS(=O)(=O)C2)n1. The van der Waals surface area contributed by atoms with Gasteiger partial charge in [-0.05, 0) is 19.4 Å². The van der Waals surface area contributed by atoms with Gasteiger partial charge in [-0.15, -0.1) is 0 Å². The molecule has 3 heterocycles. The lowest BCUT2D eigenvalue weighted by Gasteiger charge is -2.10. The quantitative estimate of drug-likeness (QED) is 0.770. The Labute approximate surface area is 135 Å². The standard InChI is InChI=1S/C14H21N5O3S/c1-3-18-7-4-12(16-18)14-15-13(5-8-22-2)17-19(14)11-6-9-23(20,21)10-11/h4,7,11H,3,5-6,8-10H2,1-2H3. The van der Waals surface area contributed by atoms with Crippen LogP contribution in [-0.2, 0) is 27.5 Å². The molecule has 1 atom stereocenters. The molecule has 0 saturated carbocycles. The van der Waals surface area contributed by atoms with Crippen molar-refractivity contribution in [1.82, 2.24) is 24.5 Å². The molecule has 0 aromatic carbocycles. The van der Waals surface area contributed by atoms with Crippen molar-refractivity contribution in [1.29, 1.82) is 0 Å². The molecular weight excluding hydrogens is 318 g/mol. The average molecular weight is 339 g/mol. The molecule has 1 unspecified atom stereocenters. The van der Waals surface area contributed by atoms with Gasteiger partial charge in [0.25, 0.3) is 0 Å². The molecule has 1 saturated heterocycles. The average Bonchev–Trinajstić information content (AvgIpc) is 3.21. The first-order valence-corrected chi connectivity index (χ1v) is 9.53. The molecule has 0 aliphatic carbocycles. The first-order valence-electron chi connectivity index (χ1n) is 7.71. The van der Waals surface area contributed by atoms with Crippen molar-refractivity contribution in [2.24, 2.45) is 0 Å². The molecule has 1 aliphatic rings. The van der Waals surface area contributed by atoms with Gasteiger partial charge >= 0.3 is 0 Å². The predicted molar refractivity (Wildman–Crippen MR) is 84.8 cm³/mol. The number of sulfone groups is 1. The van der Waals surface area contributed by atoms with Crippen LogP contribution in [0, 0.1) is 0 Å². The van der Waals surface area contributed by atoms with Gasteiger partial charge in [0.2, 0.25) is 0 Å². The van der Waals surface area contributed by atoms with Crippen molar-refractivity contribution >= 4 is 9.84 Å².